The summed E-state index contributed by atoms with van der Waals surface area (Å²) in [5.74, 6) is 1.06. The second-order valence-electron chi connectivity index (χ2n) is 5.24. The fourth-order valence-electron chi connectivity index (χ4n) is 2.15. The average Bonchev–Trinajstić information content (AvgIpc) is 2.84. The van der Waals surface area contributed by atoms with E-state index >= 15 is 0 Å². The van der Waals surface area contributed by atoms with Gasteiger partial charge in [-0.05, 0) is 45.0 Å². The van der Waals surface area contributed by atoms with E-state index in [9.17, 15) is 0 Å². The van der Waals surface area contributed by atoms with Crippen LogP contribution in [0.4, 0.5) is 0 Å². The molecule has 1 N–H and O–H groups in total. The van der Waals surface area contributed by atoms with Crippen molar-refractivity contribution in [2.75, 3.05) is 13.1 Å². The Labute approximate surface area is 112 Å². The Hall–Kier alpha value is -0.800. The molecular weight excluding hydrogens is 224 g/mol. The van der Waals surface area contributed by atoms with Gasteiger partial charge in [-0.1, -0.05) is 20.8 Å². The molecule has 0 bridgehead atoms. The van der Waals surface area contributed by atoms with Crippen molar-refractivity contribution in [2.24, 2.45) is 0 Å². The van der Waals surface area contributed by atoms with Crippen LogP contribution in [0, 0.1) is 0 Å². The summed E-state index contributed by atoms with van der Waals surface area (Å²) in [5.41, 5.74) is 0. The molecule has 3 heteroatoms. The molecule has 0 aromatic carbocycles. The summed E-state index contributed by atoms with van der Waals surface area (Å²) in [6.45, 7) is 12.0. The van der Waals surface area contributed by atoms with Crippen molar-refractivity contribution in [1.82, 2.24) is 10.2 Å². The molecule has 1 aromatic rings. The van der Waals surface area contributed by atoms with Crippen molar-refractivity contribution < 1.29 is 4.42 Å². The molecule has 1 heterocycles. The predicted molar refractivity (Wildman–Crippen MR) is 76.6 cm³/mol. The molecule has 104 valence electrons. The molecule has 0 saturated carbocycles. The highest BCUT2D eigenvalue weighted by atomic mass is 16.3. The van der Waals surface area contributed by atoms with Gasteiger partial charge in [-0.25, -0.2) is 0 Å². The summed E-state index contributed by atoms with van der Waals surface area (Å²) < 4.78 is 5.42. The fraction of sp³-hybridized carbons (Fsp3) is 0.733. The van der Waals surface area contributed by atoms with Crippen LogP contribution in [0.2, 0.25) is 0 Å². The van der Waals surface area contributed by atoms with Gasteiger partial charge < -0.3 is 9.73 Å². The van der Waals surface area contributed by atoms with E-state index in [1.165, 1.54) is 12.8 Å². The lowest BCUT2D eigenvalue weighted by atomic mass is 10.1. The van der Waals surface area contributed by atoms with Gasteiger partial charge in [-0.2, -0.15) is 0 Å². The minimum Gasteiger partial charge on any atom is -0.468 e. The van der Waals surface area contributed by atoms with Crippen LogP contribution in [-0.2, 0) is 6.54 Å². The Bertz CT molecular complexity index is 295. The number of nitrogens with one attached hydrogen (secondary N) is 1. The van der Waals surface area contributed by atoms with Gasteiger partial charge >= 0.3 is 0 Å². The normalized spacial score (nSPS) is 13.4. The Morgan fingerprint density at radius 2 is 2.11 bits per heavy atom. The van der Waals surface area contributed by atoms with E-state index in [2.05, 4.69) is 44.0 Å². The number of rotatable bonds is 9. The van der Waals surface area contributed by atoms with Gasteiger partial charge in [0.15, 0.2) is 0 Å². The maximum Gasteiger partial charge on any atom is 0.117 e. The third-order valence-corrected chi connectivity index (χ3v) is 3.32. The largest absolute Gasteiger partial charge is 0.468 e. The topological polar surface area (TPSA) is 28.4 Å². The van der Waals surface area contributed by atoms with Crippen LogP contribution in [0.25, 0.3) is 0 Å². The van der Waals surface area contributed by atoms with Crippen molar-refractivity contribution in [1.29, 1.82) is 0 Å². The first-order chi connectivity index (χ1) is 8.63. The molecule has 1 aromatic heterocycles. The smallest absolute Gasteiger partial charge is 0.117 e. The highest BCUT2D eigenvalue weighted by Crippen LogP contribution is 2.12. The zero-order valence-electron chi connectivity index (χ0n) is 12.3. The molecule has 0 aliphatic heterocycles. The van der Waals surface area contributed by atoms with Crippen LogP contribution in [0.1, 0.15) is 46.3 Å². The van der Waals surface area contributed by atoms with E-state index < -0.39 is 0 Å². The van der Waals surface area contributed by atoms with Crippen molar-refractivity contribution in [3.63, 3.8) is 0 Å². The molecule has 0 fully saturated rings. The molecule has 0 aliphatic rings. The number of hydrogen-bond acceptors (Lipinski definition) is 3. The van der Waals surface area contributed by atoms with Crippen LogP contribution in [0.3, 0.4) is 0 Å². The molecule has 1 atom stereocenters. The van der Waals surface area contributed by atoms with E-state index in [1.807, 2.05) is 6.07 Å². The van der Waals surface area contributed by atoms with E-state index in [-0.39, 0.29) is 0 Å². The van der Waals surface area contributed by atoms with Gasteiger partial charge in [0.25, 0.3) is 0 Å². The lowest BCUT2D eigenvalue weighted by Crippen LogP contribution is -2.33. The molecule has 0 radical (unpaired) electrons. The van der Waals surface area contributed by atoms with E-state index in [4.69, 9.17) is 4.42 Å². The predicted octanol–water partition coefficient (Wildman–Crippen LogP) is 3.27. The molecule has 3 nitrogen and oxygen atoms in total. The summed E-state index contributed by atoms with van der Waals surface area (Å²) in [4.78, 5) is 2.47. The number of hydrogen-bond donors (Lipinski definition) is 1. The van der Waals surface area contributed by atoms with Crippen LogP contribution in [-0.4, -0.2) is 30.1 Å². The summed E-state index contributed by atoms with van der Waals surface area (Å²) in [6, 6.07) is 5.20. The first-order valence-electron chi connectivity index (χ1n) is 7.13. The summed E-state index contributed by atoms with van der Waals surface area (Å²) in [5, 5.41) is 3.47. The van der Waals surface area contributed by atoms with E-state index in [0.717, 1.165) is 25.4 Å². The summed E-state index contributed by atoms with van der Waals surface area (Å²) >= 11 is 0. The SMILES string of the molecule is CCN(Cc1ccco1)C(C)CCCNC(C)C. The minimum absolute atomic E-state index is 0.589. The molecular formula is C15H28N2O. The van der Waals surface area contributed by atoms with E-state index in [1.54, 1.807) is 6.26 Å². The van der Waals surface area contributed by atoms with Crippen LogP contribution >= 0.6 is 0 Å². The summed E-state index contributed by atoms with van der Waals surface area (Å²) in [7, 11) is 0. The molecule has 0 spiro atoms. The molecule has 0 aliphatic carbocycles. The van der Waals surface area contributed by atoms with Crippen molar-refractivity contribution >= 4 is 0 Å². The maximum atomic E-state index is 5.42. The fourth-order valence-corrected chi connectivity index (χ4v) is 2.15. The van der Waals surface area contributed by atoms with Gasteiger partial charge in [-0.15, -0.1) is 0 Å². The molecule has 18 heavy (non-hydrogen) atoms. The van der Waals surface area contributed by atoms with Gasteiger partial charge in [0, 0.05) is 12.1 Å². The Kier molecular flexibility index (Phi) is 7.06. The lowest BCUT2D eigenvalue weighted by Gasteiger charge is -2.27. The second kappa shape index (κ2) is 8.33. The standard InChI is InChI=1S/C15H28N2O/c1-5-17(12-15-9-7-11-18-15)14(4)8-6-10-16-13(2)3/h7,9,11,13-14,16H,5-6,8,10,12H2,1-4H3. The van der Waals surface area contributed by atoms with E-state index in [0.29, 0.717) is 12.1 Å². The first-order valence-corrected chi connectivity index (χ1v) is 7.13. The molecule has 1 rings (SSSR count). The third kappa shape index (κ3) is 5.69. The third-order valence-electron chi connectivity index (χ3n) is 3.32. The van der Waals surface area contributed by atoms with Gasteiger partial charge in [0.1, 0.15) is 5.76 Å². The second-order valence-corrected chi connectivity index (χ2v) is 5.24. The Morgan fingerprint density at radius 3 is 2.67 bits per heavy atom. The highest BCUT2D eigenvalue weighted by Gasteiger charge is 2.13. The monoisotopic (exact) mass is 252 g/mol. The van der Waals surface area contributed by atoms with Crippen LogP contribution < -0.4 is 5.32 Å². The Balaban J connectivity index is 2.26. The highest BCUT2D eigenvalue weighted by molar-refractivity contribution is 4.98. The number of nitrogens with zero attached hydrogens (tertiary/aromatic N) is 1. The molecule has 1 unspecified atom stereocenters. The average molecular weight is 252 g/mol. The van der Waals surface area contributed by atoms with Crippen LogP contribution in [0.5, 0.6) is 0 Å². The van der Waals surface area contributed by atoms with Crippen molar-refractivity contribution in [2.45, 2.75) is 59.2 Å². The minimum atomic E-state index is 0.589. The molecule has 0 saturated heterocycles. The lowest BCUT2D eigenvalue weighted by molar-refractivity contribution is 0.184. The van der Waals surface area contributed by atoms with Crippen molar-refractivity contribution in [3.8, 4) is 0 Å². The zero-order valence-corrected chi connectivity index (χ0v) is 12.3. The van der Waals surface area contributed by atoms with Gasteiger partial charge in [0.05, 0.1) is 12.8 Å². The van der Waals surface area contributed by atoms with Gasteiger partial charge in [0.2, 0.25) is 0 Å². The van der Waals surface area contributed by atoms with Gasteiger partial charge in [-0.3, -0.25) is 4.90 Å². The van der Waals surface area contributed by atoms with Crippen molar-refractivity contribution in [3.05, 3.63) is 24.2 Å². The first kappa shape index (κ1) is 15.3. The Morgan fingerprint density at radius 1 is 1.33 bits per heavy atom. The zero-order chi connectivity index (χ0) is 13.4. The summed E-state index contributed by atoms with van der Waals surface area (Å²) in [6.07, 6.45) is 4.21. The quantitative estimate of drug-likeness (QED) is 0.684. The van der Waals surface area contributed by atoms with Crippen LogP contribution in [0.15, 0.2) is 22.8 Å². The molecule has 0 amide bonds. The maximum absolute atomic E-state index is 5.42. The number of furan rings is 1.